The minimum Gasteiger partial charge on any atom is -0.497 e. The highest BCUT2D eigenvalue weighted by Crippen LogP contribution is 2.27. The zero-order valence-corrected chi connectivity index (χ0v) is 26.7. The quantitative estimate of drug-likeness (QED) is 0.0539. The molecule has 0 spiro atoms. The minimum absolute atomic E-state index is 0.545. The van der Waals surface area contributed by atoms with E-state index in [0.29, 0.717) is 24.7 Å². The second-order valence-electron chi connectivity index (χ2n) is 9.97. The molecular formula is C32H62O7. The Morgan fingerprint density at radius 3 is 1.10 bits per heavy atom. The summed E-state index contributed by atoms with van der Waals surface area (Å²) < 4.78 is 42.6. The van der Waals surface area contributed by atoms with Gasteiger partial charge in [-0.25, -0.2) is 0 Å². The van der Waals surface area contributed by atoms with Crippen LogP contribution in [0, 0.1) is 0 Å². The first kappa shape index (κ1) is 37.6. The van der Waals surface area contributed by atoms with Gasteiger partial charge in [-0.2, -0.15) is 0 Å². The Hall–Kier alpha value is -1.44. The molecule has 39 heavy (non-hydrogen) atoms. The molecule has 0 amide bonds. The molecule has 0 heterocycles. The maximum absolute atomic E-state index is 6.58. The first-order chi connectivity index (χ1) is 19.1. The molecule has 2 unspecified atom stereocenters. The summed E-state index contributed by atoms with van der Waals surface area (Å²) in [4.78, 5) is 0. The van der Waals surface area contributed by atoms with Gasteiger partial charge in [0, 0.05) is 12.8 Å². The van der Waals surface area contributed by atoms with Crippen LogP contribution in [0.4, 0.5) is 0 Å². The summed E-state index contributed by atoms with van der Waals surface area (Å²) in [5.41, 5.74) is 0. The summed E-state index contributed by atoms with van der Waals surface area (Å²) in [5.74, 6) is 2.57. The van der Waals surface area contributed by atoms with Crippen LogP contribution in [-0.2, 0) is 33.2 Å². The molecule has 0 aliphatic heterocycles. The zero-order chi connectivity index (χ0) is 29.1. The van der Waals surface area contributed by atoms with Crippen LogP contribution in [0.15, 0.2) is 23.0 Å². The van der Waals surface area contributed by atoms with E-state index in [1.54, 1.807) is 28.4 Å². The van der Waals surface area contributed by atoms with Crippen molar-refractivity contribution < 1.29 is 33.2 Å². The topological polar surface area (TPSA) is 64.6 Å². The summed E-state index contributed by atoms with van der Waals surface area (Å²) in [6, 6.07) is 0. The lowest BCUT2D eigenvalue weighted by Crippen LogP contribution is -2.33. The number of allylic oxidation sites excluding steroid dienone is 2. The Bertz CT molecular complexity index is 566. The molecular weight excluding hydrogens is 496 g/mol. The lowest BCUT2D eigenvalue weighted by atomic mass is 10.1. The lowest BCUT2D eigenvalue weighted by molar-refractivity contribution is -0.240. The fourth-order valence-electron chi connectivity index (χ4n) is 4.31. The van der Waals surface area contributed by atoms with Crippen molar-refractivity contribution in [2.75, 3.05) is 41.7 Å². The third-order valence-corrected chi connectivity index (χ3v) is 6.71. The molecule has 2 atom stereocenters. The largest absolute Gasteiger partial charge is 0.497 e. The zero-order valence-electron chi connectivity index (χ0n) is 26.7. The highest BCUT2D eigenvalue weighted by molar-refractivity contribution is 5.08. The van der Waals surface area contributed by atoms with E-state index in [1.807, 2.05) is 0 Å². The van der Waals surface area contributed by atoms with Crippen molar-refractivity contribution in [1.82, 2.24) is 0 Å². The van der Waals surface area contributed by atoms with Crippen LogP contribution < -0.4 is 0 Å². The Morgan fingerprint density at radius 1 is 0.436 bits per heavy atom. The third-order valence-electron chi connectivity index (χ3n) is 6.71. The van der Waals surface area contributed by atoms with Gasteiger partial charge >= 0.3 is 0 Å². The van der Waals surface area contributed by atoms with Crippen LogP contribution in [-0.4, -0.2) is 54.2 Å². The maximum atomic E-state index is 6.58. The van der Waals surface area contributed by atoms with Gasteiger partial charge in [0.05, 0.1) is 41.7 Å². The molecule has 0 saturated carbocycles. The molecule has 0 aromatic rings. The van der Waals surface area contributed by atoms with Crippen LogP contribution in [0.5, 0.6) is 0 Å². The maximum Gasteiger partial charge on any atom is 0.223 e. The highest BCUT2D eigenvalue weighted by Gasteiger charge is 2.31. The van der Waals surface area contributed by atoms with E-state index in [9.17, 15) is 0 Å². The summed E-state index contributed by atoms with van der Waals surface area (Å²) in [7, 11) is 6.64. The van der Waals surface area contributed by atoms with Crippen molar-refractivity contribution in [3.05, 3.63) is 23.0 Å². The van der Waals surface area contributed by atoms with Gasteiger partial charge in [-0.15, -0.1) is 0 Å². The summed E-state index contributed by atoms with van der Waals surface area (Å²) in [6.45, 7) is 9.88. The van der Waals surface area contributed by atoms with E-state index < -0.39 is 12.6 Å². The second-order valence-corrected chi connectivity index (χ2v) is 9.97. The predicted octanol–water partition coefficient (Wildman–Crippen LogP) is 9.02. The van der Waals surface area contributed by atoms with Crippen LogP contribution in [0.3, 0.4) is 0 Å². The van der Waals surface area contributed by atoms with E-state index in [4.69, 9.17) is 33.2 Å². The molecule has 0 fully saturated rings. The van der Waals surface area contributed by atoms with Gasteiger partial charge in [0.25, 0.3) is 0 Å². The van der Waals surface area contributed by atoms with E-state index in [1.165, 1.54) is 25.7 Å². The fourth-order valence-corrected chi connectivity index (χ4v) is 4.31. The Labute approximate surface area is 240 Å². The molecule has 0 bridgehead atoms. The van der Waals surface area contributed by atoms with Crippen LogP contribution in [0.1, 0.15) is 130 Å². The summed E-state index contributed by atoms with van der Waals surface area (Å²) >= 11 is 0. The van der Waals surface area contributed by atoms with Crippen LogP contribution >= 0.6 is 0 Å². The second kappa shape index (κ2) is 26.8. The van der Waals surface area contributed by atoms with Crippen LogP contribution in [0.25, 0.3) is 0 Å². The molecule has 0 aromatic heterocycles. The minimum atomic E-state index is -0.798. The molecule has 0 aromatic carbocycles. The molecule has 7 heteroatoms. The normalized spacial score (nSPS) is 14.4. The van der Waals surface area contributed by atoms with Gasteiger partial charge in [0.1, 0.15) is 11.5 Å². The van der Waals surface area contributed by atoms with Crippen molar-refractivity contribution in [3.8, 4) is 0 Å². The molecule has 0 radical (unpaired) electrons. The monoisotopic (exact) mass is 558 g/mol. The van der Waals surface area contributed by atoms with Crippen LogP contribution in [0.2, 0.25) is 0 Å². The van der Waals surface area contributed by atoms with Crippen molar-refractivity contribution in [1.29, 1.82) is 0 Å². The average molecular weight is 559 g/mol. The Balaban J connectivity index is 6.19. The number of ether oxygens (including phenoxy) is 7. The smallest absolute Gasteiger partial charge is 0.223 e. The van der Waals surface area contributed by atoms with Gasteiger partial charge in [0.2, 0.25) is 12.6 Å². The Morgan fingerprint density at radius 2 is 0.795 bits per heavy atom. The molecule has 0 N–H and O–H groups in total. The number of hydrogen-bond acceptors (Lipinski definition) is 7. The number of hydrogen-bond donors (Lipinski definition) is 0. The number of unbranched alkanes of at least 4 members (excludes halogenated alkanes) is 10. The molecule has 0 aliphatic rings. The van der Waals surface area contributed by atoms with E-state index in [0.717, 1.165) is 88.6 Å². The van der Waals surface area contributed by atoms with E-state index in [2.05, 4.69) is 27.7 Å². The summed E-state index contributed by atoms with van der Waals surface area (Å²) in [6.07, 6.45) is 15.2. The molecule has 0 aliphatic carbocycles. The summed E-state index contributed by atoms with van der Waals surface area (Å²) in [5, 5.41) is 0. The van der Waals surface area contributed by atoms with Gasteiger partial charge in [-0.3, -0.25) is 0 Å². The first-order valence-corrected chi connectivity index (χ1v) is 15.6. The average Bonchev–Trinajstić information content (AvgIpc) is 2.95. The van der Waals surface area contributed by atoms with E-state index in [-0.39, 0.29) is 0 Å². The van der Waals surface area contributed by atoms with Crippen molar-refractivity contribution in [2.45, 2.75) is 143 Å². The highest BCUT2D eigenvalue weighted by atomic mass is 16.8. The van der Waals surface area contributed by atoms with Gasteiger partial charge < -0.3 is 33.2 Å². The van der Waals surface area contributed by atoms with E-state index >= 15 is 0 Å². The van der Waals surface area contributed by atoms with Crippen molar-refractivity contribution in [3.63, 3.8) is 0 Å². The van der Waals surface area contributed by atoms with Gasteiger partial charge in [-0.1, -0.05) is 91.9 Å². The first-order valence-electron chi connectivity index (χ1n) is 15.6. The molecule has 0 saturated heterocycles. The molecule has 0 rings (SSSR count). The predicted molar refractivity (Wildman–Crippen MR) is 159 cm³/mol. The molecule has 7 nitrogen and oxygen atoms in total. The lowest BCUT2D eigenvalue weighted by Gasteiger charge is -2.29. The SMILES string of the molecule is CCCCCCOC(OC(OCCCCCC)C(OC)=C(CCCCC)OC)C(OC)=C(CCCCC)OC. The number of methoxy groups -OCH3 is 4. The van der Waals surface area contributed by atoms with Gasteiger partial charge in [-0.05, 0) is 25.7 Å². The number of rotatable bonds is 28. The van der Waals surface area contributed by atoms with Crippen molar-refractivity contribution in [2.24, 2.45) is 0 Å². The van der Waals surface area contributed by atoms with Gasteiger partial charge in [0.15, 0.2) is 11.5 Å². The standard InChI is InChI=1S/C32H62O7/c1-9-13-17-21-25-37-31(29(35-7)27(33-5)23-19-15-11-3)39-32(38-26-22-18-14-10-2)30(36-8)28(34-6)24-20-16-12-4/h31-32H,9-26H2,1-8H3. The fraction of sp³-hybridized carbons (Fsp3) is 0.875. The van der Waals surface area contributed by atoms with Crippen molar-refractivity contribution >= 4 is 0 Å². The molecule has 232 valence electrons. The third kappa shape index (κ3) is 17.1. The Kier molecular flexibility index (Phi) is 25.8.